The molecule has 2 heteroatoms. The van der Waals surface area contributed by atoms with Crippen LogP contribution in [0, 0.1) is 6.92 Å². The maximum atomic E-state index is 4.15. The van der Waals surface area contributed by atoms with E-state index in [0.717, 1.165) is 6.42 Å². The lowest BCUT2D eigenvalue weighted by Gasteiger charge is -2.18. The van der Waals surface area contributed by atoms with Gasteiger partial charge in [0.2, 0.25) is 0 Å². The van der Waals surface area contributed by atoms with E-state index in [1.54, 1.807) is 0 Å². The van der Waals surface area contributed by atoms with Gasteiger partial charge in [-0.25, -0.2) is 0 Å². The molecule has 0 saturated carbocycles. The summed E-state index contributed by atoms with van der Waals surface area (Å²) in [6, 6.07) is 2.23. The molecule has 0 radical (unpaired) electrons. The van der Waals surface area contributed by atoms with E-state index in [9.17, 15) is 0 Å². The predicted molar refractivity (Wildman–Crippen MR) is 68.9 cm³/mol. The van der Waals surface area contributed by atoms with Crippen molar-refractivity contribution < 1.29 is 0 Å². The number of hydrogen-bond acceptors (Lipinski definition) is 1. The molecular weight excluding hydrogens is 196 g/mol. The van der Waals surface area contributed by atoms with Crippen LogP contribution in [0.2, 0.25) is 0 Å². The van der Waals surface area contributed by atoms with E-state index in [0.29, 0.717) is 5.92 Å². The number of benzene rings is 1. The van der Waals surface area contributed by atoms with Crippen molar-refractivity contribution in [3.63, 3.8) is 0 Å². The molecule has 0 aliphatic heterocycles. The molecule has 0 aliphatic carbocycles. The summed E-state index contributed by atoms with van der Waals surface area (Å²) < 4.78 is 0. The third-order valence-electron chi connectivity index (χ3n) is 3.56. The average molecular weight is 216 g/mol. The van der Waals surface area contributed by atoms with Crippen LogP contribution in [-0.2, 0) is 6.42 Å². The van der Waals surface area contributed by atoms with Gasteiger partial charge in [0.25, 0.3) is 0 Å². The molecule has 0 aliphatic rings. The van der Waals surface area contributed by atoms with Gasteiger partial charge in [-0.05, 0) is 48.4 Å². The van der Waals surface area contributed by atoms with Crippen LogP contribution in [0.4, 0.5) is 0 Å². The molecule has 2 rings (SSSR count). The lowest BCUT2D eigenvalue weighted by molar-refractivity contribution is 0.720. The first-order valence-electron chi connectivity index (χ1n) is 6.14. The second-order valence-electron chi connectivity index (χ2n) is 4.58. The summed E-state index contributed by atoms with van der Waals surface area (Å²) in [5.41, 5.74) is 5.56. The van der Waals surface area contributed by atoms with Gasteiger partial charge < -0.3 is 0 Å². The zero-order chi connectivity index (χ0) is 11.7. The summed E-state index contributed by atoms with van der Waals surface area (Å²) >= 11 is 0. The Morgan fingerprint density at radius 3 is 2.75 bits per heavy atom. The van der Waals surface area contributed by atoms with Crippen molar-refractivity contribution in [2.45, 2.75) is 46.5 Å². The summed E-state index contributed by atoms with van der Waals surface area (Å²) in [5, 5.41) is 8.52. The van der Waals surface area contributed by atoms with Crippen molar-refractivity contribution in [2.75, 3.05) is 0 Å². The van der Waals surface area contributed by atoms with Crippen molar-refractivity contribution in [2.24, 2.45) is 0 Å². The minimum Gasteiger partial charge on any atom is -0.278 e. The Labute approximate surface area is 97.1 Å². The largest absolute Gasteiger partial charge is 0.278 e. The number of fused-ring (bicyclic) bond motifs is 1. The standard InChI is InChI=1S/C14H20N2/c1-5-9(3)14-10(4)7-13-12(8-15-16-13)11(14)6-2/h7-9H,5-6H2,1-4H3,(H,15,16). The van der Waals surface area contributed by atoms with E-state index in [1.165, 1.54) is 34.0 Å². The Morgan fingerprint density at radius 2 is 2.12 bits per heavy atom. The predicted octanol–water partition coefficient (Wildman–Crippen LogP) is 3.95. The Bertz CT molecular complexity index is 497. The molecular formula is C14H20N2. The third kappa shape index (κ3) is 1.62. The van der Waals surface area contributed by atoms with Crippen LogP contribution in [0.1, 0.15) is 49.8 Å². The Morgan fingerprint density at radius 1 is 1.38 bits per heavy atom. The summed E-state index contributed by atoms with van der Waals surface area (Å²) in [6.45, 7) is 9.00. The number of aromatic amines is 1. The molecule has 1 unspecified atom stereocenters. The highest BCUT2D eigenvalue weighted by molar-refractivity contribution is 5.84. The molecule has 0 saturated heterocycles. The number of rotatable bonds is 3. The van der Waals surface area contributed by atoms with Gasteiger partial charge in [-0.1, -0.05) is 20.8 Å². The monoisotopic (exact) mass is 216 g/mol. The van der Waals surface area contributed by atoms with Crippen LogP contribution in [0.15, 0.2) is 12.3 Å². The number of H-pyrrole nitrogens is 1. The van der Waals surface area contributed by atoms with Gasteiger partial charge in [-0.3, -0.25) is 5.10 Å². The molecule has 2 aromatic rings. The molecule has 16 heavy (non-hydrogen) atoms. The fourth-order valence-electron chi connectivity index (χ4n) is 2.60. The molecule has 1 N–H and O–H groups in total. The molecule has 86 valence electrons. The van der Waals surface area contributed by atoms with Crippen molar-refractivity contribution in [1.29, 1.82) is 0 Å². The van der Waals surface area contributed by atoms with E-state index in [2.05, 4.69) is 44.0 Å². The van der Waals surface area contributed by atoms with Crippen LogP contribution in [-0.4, -0.2) is 10.2 Å². The van der Waals surface area contributed by atoms with Crippen LogP contribution in [0.25, 0.3) is 10.9 Å². The maximum absolute atomic E-state index is 4.15. The maximum Gasteiger partial charge on any atom is 0.0655 e. The van der Waals surface area contributed by atoms with E-state index < -0.39 is 0 Å². The highest BCUT2D eigenvalue weighted by Gasteiger charge is 2.15. The highest BCUT2D eigenvalue weighted by Crippen LogP contribution is 2.31. The van der Waals surface area contributed by atoms with Gasteiger partial charge in [0.1, 0.15) is 0 Å². The van der Waals surface area contributed by atoms with E-state index in [1.807, 2.05) is 6.20 Å². The van der Waals surface area contributed by atoms with Crippen molar-refractivity contribution in [3.8, 4) is 0 Å². The van der Waals surface area contributed by atoms with E-state index in [4.69, 9.17) is 0 Å². The Balaban J connectivity index is 2.74. The van der Waals surface area contributed by atoms with Crippen LogP contribution >= 0.6 is 0 Å². The molecule has 1 atom stereocenters. The van der Waals surface area contributed by atoms with Crippen LogP contribution in [0.3, 0.4) is 0 Å². The zero-order valence-corrected chi connectivity index (χ0v) is 10.6. The Hall–Kier alpha value is -1.31. The first kappa shape index (κ1) is 11.2. The molecule has 1 aromatic heterocycles. The number of nitrogens with one attached hydrogen (secondary N) is 1. The van der Waals surface area contributed by atoms with Gasteiger partial charge in [0.15, 0.2) is 0 Å². The number of nitrogens with zero attached hydrogens (tertiary/aromatic N) is 1. The van der Waals surface area contributed by atoms with Gasteiger partial charge in [0, 0.05) is 5.39 Å². The quantitative estimate of drug-likeness (QED) is 0.827. The SMILES string of the molecule is CCc1c(C(C)CC)c(C)cc2[nH]ncc12. The molecule has 1 aromatic carbocycles. The molecule has 1 heterocycles. The first-order valence-corrected chi connectivity index (χ1v) is 6.14. The van der Waals surface area contributed by atoms with Gasteiger partial charge in [-0.15, -0.1) is 0 Å². The third-order valence-corrected chi connectivity index (χ3v) is 3.56. The van der Waals surface area contributed by atoms with Crippen LogP contribution < -0.4 is 0 Å². The fraction of sp³-hybridized carbons (Fsp3) is 0.500. The number of aromatic nitrogens is 2. The highest BCUT2D eigenvalue weighted by atomic mass is 15.1. The summed E-state index contributed by atoms with van der Waals surface area (Å²) in [4.78, 5) is 0. The molecule has 2 nitrogen and oxygen atoms in total. The van der Waals surface area contributed by atoms with E-state index in [-0.39, 0.29) is 0 Å². The minimum atomic E-state index is 0.634. The normalized spacial score (nSPS) is 13.2. The molecule has 0 amide bonds. The van der Waals surface area contributed by atoms with Crippen molar-refractivity contribution >= 4 is 10.9 Å². The zero-order valence-electron chi connectivity index (χ0n) is 10.6. The molecule has 0 fully saturated rings. The minimum absolute atomic E-state index is 0.634. The van der Waals surface area contributed by atoms with E-state index >= 15 is 0 Å². The lowest BCUT2D eigenvalue weighted by Crippen LogP contribution is -2.01. The number of hydrogen-bond donors (Lipinski definition) is 1. The topological polar surface area (TPSA) is 28.7 Å². The van der Waals surface area contributed by atoms with Gasteiger partial charge in [0.05, 0.1) is 11.7 Å². The first-order chi connectivity index (χ1) is 7.69. The fourth-order valence-corrected chi connectivity index (χ4v) is 2.60. The Kier molecular flexibility index (Phi) is 2.99. The number of aryl methyl sites for hydroxylation is 2. The lowest BCUT2D eigenvalue weighted by atomic mass is 9.87. The van der Waals surface area contributed by atoms with Crippen molar-refractivity contribution in [3.05, 3.63) is 29.0 Å². The summed E-state index contributed by atoms with van der Waals surface area (Å²) in [7, 11) is 0. The van der Waals surface area contributed by atoms with Crippen LogP contribution in [0.5, 0.6) is 0 Å². The molecule has 0 spiro atoms. The molecule has 0 bridgehead atoms. The second kappa shape index (κ2) is 4.28. The summed E-state index contributed by atoms with van der Waals surface area (Å²) in [6.07, 6.45) is 4.23. The van der Waals surface area contributed by atoms with Gasteiger partial charge >= 0.3 is 0 Å². The average Bonchev–Trinajstić information content (AvgIpc) is 2.73. The second-order valence-corrected chi connectivity index (χ2v) is 4.58. The smallest absolute Gasteiger partial charge is 0.0655 e. The van der Waals surface area contributed by atoms with Crippen molar-refractivity contribution in [1.82, 2.24) is 10.2 Å². The summed E-state index contributed by atoms with van der Waals surface area (Å²) in [5.74, 6) is 0.634. The van der Waals surface area contributed by atoms with Gasteiger partial charge in [-0.2, -0.15) is 5.10 Å².